The van der Waals surface area contributed by atoms with Crippen molar-refractivity contribution in [2.75, 3.05) is 6.61 Å². The van der Waals surface area contributed by atoms with Crippen LogP contribution in [0.25, 0.3) is 0 Å². The van der Waals surface area contributed by atoms with Gasteiger partial charge in [0.05, 0.1) is 24.4 Å². The average Bonchev–Trinajstić information content (AvgIpc) is 2.70. The molecule has 3 fully saturated rings. The maximum absolute atomic E-state index is 13.7. The molecule has 9 heteroatoms. The zero-order valence-corrected chi connectivity index (χ0v) is 19.4. The first-order valence-corrected chi connectivity index (χ1v) is 11.0. The van der Waals surface area contributed by atoms with Crippen LogP contribution in [0.15, 0.2) is 12.7 Å². The summed E-state index contributed by atoms with van der Waals surface area (Å²) in [4.78, 5) is 26.1. The Kier molecular flexibility index (Phi) is 5.98. The summed E-state index contributed by atoms with van der Waals surface area (Å²) in [6.07, 6.45) is -4.07. The van der Waals surface area contributed by atoms with Gasteiger partial charge in [-0.3, -0.25) is 4.79 Å². The summed E-state index contributed by atoms with van der Waals surface area (Å²) < 4.78 is 11.7. The second-order valence-corrected chi connectivity index (χ2v) is 10.9. The number of fused-ring (bicyclic) bond motifs is 3. The molecule has 0 radical (unpaired) electrons. The summed E-state index contributed by atoms with van der Waals surface area (Å²) in [7, 11) is 0. The van der Waals surface area contributed by atoms with E-state index in [0.29, 0.717) is 12.8 Å². The molecule has 3 rings (SSSR count). The third-order valence-electron chi connectivity index (χ3n) is 8.42. The van der Waals surface area contributed by atoms with E-state index < -0.39 is 76.3 Å². The van der Waals surface area contributed by atoms with Crippen LogP contribution in [0.5, 0.6) is 0 Å². The van der Waals surface area contributed by atoms with E-state index in [2.05, 4.69) is 6.58 Å². The van der Waals surface area contributed by atoms with E-state index in [1.807, 2.05) is 13.8 Å². The molecule has 182 valence electrons. The number of ketones is 1. The van der Waals surface area contributed by atoms with Crippen molar-refractivity contribution in [1.29, 1.82) is 0 Å². The number of aliphatic hydroxyl groups is 5. The van der Waals surface area contributed by atoms with Crippen molar-refractivity contribution in [1.82, 2.24) is 0 Å². The molecule has 3 aliphatic rings. The summed E-state index contributed by atoms with van der Waals surface area (Å²) in [5.74, 6) is -2.70. The minimum Gasteiger partial charge on any atom is -0.454 e. The van der Waals surface area contributed by atoms with Crippen molar-refractivity contribution >= 4 is 11.8 Å². The van der Waals surface area contributed by atoms with E-state index in [0.717, 1.165) is 0 Å². The van der Waals surface area contributed by atoms with Crippen LogP contribution in [-0.4, -0.2) is 85.1 Å². The lowest BCUT2D eigenvalue weighted by Crippen LogP contribution is -2.86. The highest BCUT2D eigenvalue weighted by Crippen LogP contribution is 2.67. The molecule has 9 atom stereocenters. The molecule has 1 aliphatic heterocycles. The van der Waals surface area contributed by atoms with Gasteiger partial charge in [0.25, 0.3) is 0 Å². The Morgan fingerprint density at radius 1 is 1.28 bits per heavy atom. The highest BCUT2D eigenvalue weighted by molar-refractivity contribution is 5.92. The number of aliphatic hydroxyl groups excluding tert-OH is 4. The molecule has 9 nitrogen and oxygen atoms in total. The number of hydrogen-bond acceptors (Lipinski definition) is 9. The number of rotatable bonds is 4. The van der Waals surface area contributed by atoms with Crippen LogP contribution in [0.2, 0.25) is 0 Å². The monoisotopic (exact) mass is 456 g/mol. The number of Topliss-reactive ketones (excluding diaryl/α,β-unsaturated/α-hetero) is 1. The number of carbonyl (C=O) groups excluding carboxylic acids is 2. The fraction of sp³-hybridized carbons (Fsp3) is 0.826. The van der Waals surface area contributed by atoms with Crippen molar-refractivity contribution in [3.8, 4) is 0 Å². The van der Waals surface area contributed by atoms with Gasteiger partial charge in [0.15, 0.2) is 23.6 Å². The van der Waals surface area contributed by atoms with Crippen molar-refractivity contribution in [3.63, 3.8) is 0 Å². The van der Waals surface area contributed by atoms with Gasteiger partial charge in [-0.2, -0.15) is 0 Å². The lowest BCUT2D eigenvalue weighted by molar-refractivity contribution is -0.371. The normalized spacial score (nSPS) is 48.9. The van der Waals surface area contributed by atoms with Crippen molar-refractivity contribution in [2.45, 2.75) is 95.1 Å². The standard InChI is InChI=1S/C23H36O9/c1-7-20(4)10-14(27)23(30)21(5)13(26)8-9-19(2,3)16(21)15(28)17(22(23,6)32-20)31-18(29)12(25)11-24/h7,12-13,15-17,24-26,28,30H,1,8-11H2,2-6H3/t12-,13-,15-,16-,17-,20-,21-,22+,23-/m0/s1. The average molecular weight is 457 g/mol. The molecule has 32 heavy (non-hydrogen) atoms. The second kappa shape index (κ2) is 7.58. The highest BCUT2D eigenvalue weighted by atomic mass is 16.6. The van der Waals surface area contributed by atoms with Gasteiger partial charge in [-0.25, -0.2) is 4.79 Å². The molecular weight excluding hydrogens is 420 g/mol. The summed E-state index contributed by atoms with van der Waals surface area (Å²) in [5, 5.41) is 53.9. The molecule has 0 bridgehead atoms. The molecule has 0 unspecified atom stereocenters. The van der Waals surface area contributed by atoms with Crippen LogP contribution >= 0.6 is 0 Å². The smallest absolute Gasteiger partial charge is 0.337 e. The Balaban J connectivity index is 2.28. The van der Waals surface area contributed by atoms with Gasteiger partial charge in [-0.05, 0) is 32.1 Å². The maximum Gasteiger partial charge on any atom is 0.337 e. The minimum atomic E-state index is -2.33. The van der Waals surface area contributed by atoms with Crippen LogP contribution in [0, 0.1) is 16.7 Å². The van der Waals surface area contributed by atoms with Gasteiger partial charge in [0, 0.05) is 17.8 Å². The van der Waals surface area contributed by atoms with E-state index in [1.165, 1.54) is 13.0 Å². The van der Waals surface area contributed by atoms with E-state index in [1.54, 1.807) is 13.8 Å². The van der Waals surface area contributed by atoms with Gasteiger partial charge in [-0.15, -0.1) is 6.58 Å². The van der Waals surface area contributed by atoms with Crippen LogP contribution in [0.4, 0.5) is 0 Å². The molecule has 0 aromatic rings. The van der Waals surface area contributed by atoms with Gasteiger partial charge in [0.2, 0.25) is 0 Å². The topological polar surface area (TPSA) is 154 Å². The number of ether oxygens (including phenoxy) is 2. The predicted octanol–water partition coefficient (Wildman–Crippen LogP) is -0.147. The molecule has 5 N–H and O–H groups in total. The highest BCUT2D eigenvalue weighted by Gasteiger charge is 2.81. The molecule has 1 saturated heterocycles. The molecular formula is C23H36O9. The third kappa shape index (κ3) is 3.05. The molecule has 0 aromatic carbocycles. The zero-order chi connectivity index (χ0) is 24.5. The Labute approximate surface area is 188 Å². The Hall–Kier alpha value is -1.36. The predicted molar refractivity (Wildman–Crippen MR) is 112 cm³/mol. The van der Waals surface area contributed by atoms with Crippen LogP contribution in [0.1, 0.15) is 53.9 Å². The van der Waals surface area contributed by atoms with Gasteiger partial charge in [0.1, 0.15) is 5.60 Å². The first-order valence-electron chi connectivity index (χ1n) is 11.0. The summed E-state index contributed by atoms with van der Waals surface area (Å²) >= 11 is 0. The molecule has 0 spiro atoms. The second-order valence-electron chi connectivity index (χ2n) is 10.9. The third-order valence-corrected chi connectivity index (χ3v) is 8.42. The Bertz CT molecular complexity index is 811. The van der Waals surface area contributed by atoms with Gasteiger partial charge in [-0.1, -0.05) is 26.8 Å². The van der Waals surface area contributed by atoms with E-state index in [-0.39, 0.29) is 6.42 Å². The lowest BCUT2D eigenvalue weighted by atomic mass is 9.40. The maximum atomic E-state index is 13.7. The van der Waals surface area contributed by atoms with Crippen LogP contribution < -0.4 is 0 Å². The summed E-state index contributed by atoms with van der Waals surface area (Å²) in [6.45, 7) is 11.1. The van der Waals surface area contributed by atoms with E-state index in [4.69, 9.17) is 14.6 Å². The number of esters is 1. The van der Waals surface area contributed by atoms with Gasteiger partial charge >= 0.3 is 5.97 Å². The zero-order valence-electron chi connectivity index (χ0n) is 19.4. The van der Waals surface area contributed by atoms with Crippen LogP contribution in [0.3, 0.4) is 0 Å². The lowest BCUT2D eigenvalue weighted by Gasteiger charge is -2.71. The molecule has 1 heterocycles. The van der Waals surface area contributed by atoms with Crippen LogP contribution in [-0.2, 0) is 19.1 Å². The molecule has 0 amide bonds. The number of carbonyl (C=O) groups is 2. The summed E-state index contributed by atoms with van der Waals surface area (Å²) in [5.41, 5.74) is -7.74. The van der Waals surface area contributed by atoms with E-state index >= 15 is 0 Å². The molecule has 2 aliphatic carbocycles. The quantitative estimate of drug-likeness (QED) is 0.287. The fourth-order valence-electron chi connectivity index (χ4n) is 6.76. The van der Waals surface area contributed by atoms with Crippen molar-refractivity contribution < 1.29 is 44.6 Å². The first kappa shape index (κ1) is 25.3. The van der Waals surface area contributed by atoms with Crippen molar-refractivity contribution in [3.05, 3.63) is 12.7 Å². The SMILES string of the molecule is C=C[C@@]1(C)CC(=O)[C@]2(O)[C@@]3(C)[C@@H](O)CCC(C)(C)[C@@H]3[C@H](O)[C@H](OC(=O)[C@@H](O)CO)[C@@]2(C)O1. The number of hydrogen-bond donors (Lipinski definition) is 5. The summed E-state index contributed by atoms with van der Waals surface area (Å²) in [6, 6.07) is 0. The molecule has 0 aromatic heterocycles. The Morgan fingerprint density at radius 2 is 1.88 bits per heavy atom. The minimum absolute atomic E-state index is 0.228. The van der Waals surface area contributed by atoms with Gasteiger partial charge < -0.3 is 35.0 Å². The first-order chi connectivity index (χ1) is 14.6. The molecule has 2 saturated carbocycles. The van der Waals surface area contributed by atoms with E-state index in [9.17, 15) is 30.0 Å². The fourth-order valence-corrected chi connectivity index (χ4v) is 6.76. The van der Waals surface area contributed by atoms with Crippen molar-refractivity contribution in [2.24, 2.45) is 16.7 Å². The largest absolute Gasteiger partial charge is 0.454 e. The Morgan fingerprint density at radius 3 is 2.41 bits per heavy atom.